The third kappa shape index (κ3) is 12.7. The number of hydrogen-bond donors (Lipinski definition) is 0. The Kier molecular flexibility index (Phi) is 24.3. The molecule has 0 aromatic rings. The lowest BCUT2D eigenvalue weighted by Crippen LogP contribution is -1.77. The zero-order valence-corrected chi connectivity index (χ0v) is 11.7. The van der Waals surface area contributed by atoms with E-state index in [0.717, 1.165) is 6.42 Å². The summed E-state index contributed by atoms with van der Waals surface area (Å²) in [5.74, 6) is 0. The molecule has 0 nitrogen and oxygen atoms in total. The van der Waals surface area contributed by atoms with Crippen molar-refractivity contribution in [2.45, 2.75) is 41.0 Å². The fraction of sp³-hybridized carbons (Fsp3) is 0.375. The Morgan fingerprint density at radius 3 is 1.88 bits per heavy atom. The Hall–Kier alpha value is -1.30. The van der Waals surface area contributed by atoms with Crippen molar-refractivity contribution in [3.8, 4) is 0 Å². The molecule has 0 atom stereocenters. The summed E-state index contributed by atoms with van der Waals surface area (Å²) in [4.78, 5) is 0. The van der Waals surface area contributed by atoms with Crippen molar-refractivity contribution in [1.82, 2.24) is 0 Å². The average Bonchev–Trinajstić information content (AvgIpc) is 2.61. The van der Waals surface area contributed by atoms with Gasteiger partial charge >= 0.3 is 0 Å². The summed E-state index contributed by atoms with van der Waals surface area (Å²) in [6.45, 7) is 20.0. The molecule has 0 unspecified atom stereocenters. The summed E-state index contributed by atoms with van der Waals surface area (Å²) in [6.07, 6.45) is 11.4. The molecule has 1 aliphatic rings. The van der Waals surface area contributed by atoms with Crippen LogP contribution in [-0.4, -0.2) is 0 Å². The molecule has 0 saturated heterocycles. The molecule has 0 radical (unpaired) electrons. The van der Waals surface area contributed by atoms with Crippen LogP contribution in [-0.2, 0) is 0 Å². The second kappa shape index (κ2) is 19.3. The third-order valence-electron chi connectivity index (χ3n) is 1.56. The summed E-state index contributed by atoms with van der Waals surface area (Å²) in [6, 6.07) is 0. The van der Waals surface area contributed by atoms with E-state index in [2.05, 4.69) is 38.8 Å². The van der Waals surface area contributed by atoms with Gasteiger partial charge in [-0.3, -0.25) is 0 Å². The van der Waals surface area contributed by atoms with E-state index in [1.807, 2.05) is 45.9 Å². The van der Waals surface area contributed by atoms with Gasteiger partial charge in [-0.2, -0.15) is 0 Å². The SMILES string of the molecule is C=C.C=C1C=CC=C/C(=C/C)C1.CC.CC. The van der Waals surface area contributed by atoms with Gasteiger partial charge in [0.1, 0.15) is 0 Å². The van der Waals surface area contributed by atoms with Crippen LogP contribution in [0.5, 0.6) is 0 Å². The quantitative estimate of drug-likeness (QED) is 0.448. The molecule has 0 N–H and O–H groups in total. The van der Waals surface area contributed by atoms with Gasteiger partial charge in [0.25, 0.3) is 0 Å². The van der Waals surface area contributed by atoms with E-state index < -0.39 is 0 Å². The van der Waals surface area contributed by atoms with Crippen molar-refractivity contribution in [1.29, 1.82) is 0 Å². The van der Waals surface area contributed by atoms with Crippen molar-refractivity contribution in [2.75, 3.05) is 0 Å². The molecule has 0 aromatic heterocycles. The molecule has 1 rings (SSSR count). The van der Waals surface area contributed by atoms with Crippen LogP contribution in [0.1, 0.15) is 41.0 Å². The van der Waals surface area contributed by atoms with Crippen LogP contribution in [0.4, 0.5) is 0 Å². The highest BCUT2D eigenvalue weighted by molar-refractivity contribution is 5.35. The fourth-order valence-electron chi connectivity index (χ4n) is 0.949. The Morgan fingerprint density at radius 1 is 1.00 bits per heavy atom. The highest BCUT2D eigenvalue weighted by Crippen LogP contribution is 2.14. The maximum Gasteiger partial charge on any atom is -0.00349 e. The van der Waals surface area contributed by atoms with Crippen molar-refractivity contribution in [2.24, 2.45) is 0 Å². The van der Waals surface area contributed by atoms with Gasteiger partial charge in [-0.1, -0.05) is 70.2 Å². The molecular formula is C16H28. The van der Waals surface area contributed by atoms with Crippen LogP contribution in [0.2, 0.25) is 0 Å². The lowest BCUT2D eigenvalue weighted by Gasteiger charge is -1.96. The second-order valence-electron chi connectivity index (χ2n) is 2.42. The van der Waals surface area contributed by atoms with Crippen LogP contribution in [0.15, 0.2) is 61.3 Å². The third-order valence-corrected chi connectivity index (χ3v) is 1.56. The summed E-state index contributed by atoms with van der Waals surface area (Å²) < 4.78 is 0. The van der Waals surface area contributed by atoms with E-state index in [1.54, 1.807) is 0 Å². The summed E-state index contributed by atoms with van der Waals surface area (Å²) >= 11 is 0. The van der Waals surface area contributed by atoms with E-state index >= 15 is 0 Å². The second-order valence-corrected chi connectivity index (χ2v) is 2.42. The van der Waals surface area contributed by atoms with Gasteiger partial charge in [-0.25, -0.2) is 0 Å². The van der Waals surface area contributed by atoms with Crippen LogP contribution < -0.4 is 0 Å². The summed E-state index contributed by atoms with van der Waals surface area (Å²) in [7, 11) is 0. The van der Waals surface area contributed by atoms with Gasteiger partial charge in [0.05, 0.1) is 0 Å². The van der Waals surface area contributed by atoms with Gasteiger partial charge < -0.3 is 0 Å². The predicted octanol–water partition coefficient (Wildman–Crippen LogP) is 5.86. The average molecular weight is 220 g/mol. The lowest BCUT2D eigenvalue weighted by atomic mass is 10.1. The maximum atomic E-state index is 3.90. The first-order valence-electron chi connectivity index (χ1n) is 6.00. The largest absolute Gasteiger partial charge is 0.106 e. The number of rotatable bonds is 0. The van der Waals surface area contributed by atoms with Gasteiger partial charge in [0, 0.05) is 0 Å². The monoisotopic (exact) mass is 220 g/mol. The molecule has 0 amide bonds. The molecule has 0 aliphatic heterocycles. The minimum Gasteiger partial charge on any atom is -0.106 e. The molecule has 0 saturated carbocycles. The van der Waals surface area contributed by atoms with Crippen molar-refractivity contribution >= 4 is 0 Å². The first kappa shape index (κ1) is 20.2. The predicted molar refractivity (Wildman–Crippen MR) is 79.7 cm³/mol. The normalized spacial score (nSPS) is 14.6. The maximum absolute atomic E-state index is 3.90. The summed E-state index contributed by atoms with van der Waals surface area (Å²) in [5, 5.41) is 0. The Balaban J connectivity index is -0.000000245. The fourth-order valence-corrected chi connectivity index (χ4v) is 0.949. The molecule has 0 heteroatoms. The first-order chi connectivity index (χ1) is 7.83. The van der Waals surface area contributed by atoms with Crippen LogP contribution in [0.3, 0.4) is 0 Å². The van der Waals surface area contributed by atoms with Gasteiger partial charge in [-0.15, -0.1) is 13.2 Å². The van der Waals surface area contributed by atoms with E-state index in [1.165, 1.54) is 11.1 Å². The van der Waals surface area contributed by atoms with Crippen LogP contribution in [0.25, 0.3) is 0 Å². The smallest absolute Gasteiger partial charge is 0.00349 e. The Labute approximate surface area is 103 Å². The lowest BCUT2D eigenvalue weighted by molar-refractivity contribution is 1.22. The van der Waals surface area contributed by atoms with E-state index in [4.69, 9.17) is 0 Å². The minimum atomic E-state index is 0.990. The molecule has 1 aliphatic carbocycles. The van der Waals surface area contributed by atoms with Crippen LogP contribution in [0, 0.1) is 0 Å². The highest BCUT2D eigenvalue weighted by Gasteiger charge is 1.94. The van der Waals surface area contributed by atoms with Crippen LogP contribution >= 0.6 is 0 Å². The number of hydrogen-bond acceptors (Lipinski definition) is 0. The molecular weight excluding hydrogens is 192 g/mol. The highest BCUT2D eigenvalue weighted by atomic mass is 14.0. The Morgan fingerprint density at radius 2 is 1.44 bits per heavy atom. The molecule has 0 heterocycles. The molecule has 0 spiro atoms. The summed E-state index contributed by atoms with van der Waals surface area (Å²) in [5.41, 5.74) is 2.52. The minimum absolute atomic E-state index is 0.990. The van der Waals surface area contributed by atoms with Crippen molar-refractivity contribution in [3.63, 3.8) is 0 Å². The van der Waals surface area contributed by atoms with Gasteiger partial charge in [0.2, 0.25) is 0 Å². The molecule has 0 aromatic carbocycles. The van der Waals surface area contributed by atoms with Crippen molar-refractivity contribution < 1.29 is 0 Å². The molecule has 92 valence electrons. The molecule has 16 heavy (non-hydrogen) atoms. The van der Waals surface area contributed by atoms with Gasteiger partial charge in [0.15, 0.2) is 0 Å². The van der Waals surface area contributed by atoms with E-state index in [0.29, 0.717) is 0 Å². The van der Waals surface area contributed by atoms with E-state index in [-0.39, 0.29) is 0 Å². The zero-order valence-electron chi connectivity index (χ0n) is 11.7. The van der Waals surface area contributed by atoms with E-state index in [9.17, 15) is 0 Å². The zero-order chi connectivity index (χ0) is 13.4. The van der Waals surface area contributed by atoms with Crippen molar-refractivity contribution in [3.05, 3.63) is 61.3 Å². The first-order valence-corrected chi connectivity index (χ1v) is 6.00. The topological polar surface area (TPSA) is 0 Å². The Bertz CT molecular complexity index is 226. The standard InChI is InChI=1S/C10H12.2C2H6.C2H4/c1-3-10-7-5-4-6-9(2)8-10;3*1-2/h3-7H,2,8H2,1H3;2*1-2H3;1-2H2/b10-3-;;;. The molecule has 0 fully saturated rings. The van der Waals surface area contributed by atoms with Gasteiger partial charge in [-0.05, 0) is 18.9 Å². The number of allylic oxidation sites excluding steroid dienone is 7. The molecule has 0 bridgehead atoms.